The molecule has 3 rings (SSSR count). The Kier molecular flexibility index (Phi) is 5.37. The van der Waals surface area contributed by atoms with E-state index in [0.717, 1.165) is 6.07 Å². The fraction of sp³-hybridized carbons (Fsp3) is 0.0625. The van der Waals surface area contributed by atoms with Crippen molar-refractivity contribution in [1.82, 2.24) is 5.16 Å². The van der Waals surface area contributed by atoms with E-state index < -0.39 is 55.3 Å². The molecule has 0 bridgehead atoms. The Labute approximate surface area is 169 Å². The van der Waals surface area contributed by atoms with Crippen LogP contribution in [0.4, 0.5) is 22.0 Å². The van der Waals surface area contributed by atoms with Gasteiger partial charge in [0.25, 0.3) is 0 Å². The van der Waals surface area contributed by atoms with E-state index in [9.17, 15) is 30.4 Å². The minimum Gasteiger partial charge on any atom is -0.350 e. The third-order valence-electron chi connectivity index (χ3n) is 3.74. The third-order valence-corrected chi connectivity index (χ3v) is 5.40. The number of nitrogens with zero attached hydrogens (tertiary/aromatic N) is 1. The second kappa shape index (κ2) is 7.24. The highest BCUT2D eigenvalue weighted by atomic mass is 35.5. The summed E-state index contributed by atoms with van der Waals surface area (Å²) in [7, 11) is -4.66. The first kappa shape index (κ1) is 21.5. The number of alkyl halides is 3. The zero-order chi connectivity index (χ0) is 21.7. The Bertz CT molecular complexity index is 1230. The SMILES string of the molecule is NS(=O)(=O)c1cc(F)c(-c2c(-c3ccc(Cl)c(Cl)c3)noc2C(F)(F)F)cc1F. The minimum absolute atomic E-state index is 0.0380. The van der Waals surface area contributed by atoms with Crippen LogP contribution in [-0.4, -0.2) is 13.6 Å². The van der Waals surface area contributed by atoms with Crippen molar-refractivity contribution in [3.8, 4) is 22.4 Å². The van der Waals surface area contributed by atoms with Crippen LogP contribution in [0.25, 0.3) is 22.4 Å². The smallest absolute Gasteiger partial charge is 0.350 e. The first-order valence-electron chi connectivity index (χ1n) is 7.35. The maximum absolute atomic E-state index is 14.6. The van der Waals surface area contributed by atoms with Crippen LogP contribution in [0, 0.1) is 11.6 Å². The molecular formula is C16H7Cl2F5N2O3S. The first-order chi connectivity index (χ1) is 13.3. The highest BCUT2D eigenvalue weighted by Gasteiger charge is 2.42. The zero-order valence-corrected chi connectivity index (χ0v) is 16.0. The van der Waals surface area contributed by atoms with Crippen LogP contribution in [0.1, 0.15) is 5.76 Å². The van der Waals surface area contributed by atoms with Gasteiger partial charge in [0.15, 0.2) is 0 Å². The van der Waals surface area contributed by atoms with Crippen LogP contribution in [0.15, 0.2) is 39.8 Å². The number of nitrogens with two attached hydrogens (primary N) is 1. The number of hydrogen-bond acceptors (Lipinski definition) is 4. The summed E-state index contributed by atoms with van der Waals surface area (Å²) in [6.07, 6.45) is -5.13. The molecule has 0 radical (unpaired) electrons. The Morgan fingerprint density at radius 2 is 1.66 bits per heavy atom. The fourth-order valence-electron chi connectivity index (χ4n) is 2.51. The molecule has 0 aliphatic carbocycles. The molecule has 0 fully saturated rings. The summed E-state index contributed by atoms with van der Waals surface area (Å²) in [5.41, 5.74) is -2.45. The van der Waals surface area contributed by atoms with Crippen molar-refractivity contribution in [3.63, 3.8) is 0 Å². The number of hydrogen-bond donors (Lipinski definition) is 1. The van der Waals surface area contributed by atoms with E-state index in [2.05, 4.69) is 9.68 Å². The molecule has 0 saturated carbocycles. The van der Waals surface area contributed by atoms with Crippen molar-refractivity contribution in [2.45, 2.75) is 11.1 Å². The largest absolute Gasteiger partial charge is 0.453 e. The zero-order valence-electron chi connectivity index (χ0n) is 13.7. The van der Waals surface area contributed by atoms with Gasteiger partial charge in [0.2, 0.25) is 15.8 Å². The lowest BCUT2D eigenvalue weighted by Gasteiger charge is -2.10. The van der Waals surface area contributed by atoms with Crippen LogP contribution in [0.5, 0.6) is 0 Å². The van der Waals surface area contributed by atoms with Gasteiger partial charge >= 0.3 is 6.18 Å². The minimum atomic E-state index is -5.13. The molecule has 29 heavy (non-hydrogen) atoms. The summed E-state index contributed by atoms with van der Waals surface area (Å²) >= 11 is 11.6. The molecule has 0 unspecified atom stereocenters. The number of halogens is 7. The lowest BCUT2D eigenvalue weighted by Crippen LogP contribution is -2.15. The quantitative estimate of drug-likeness (QED) is 0.526. The van der Waals surface area contributed by atoms with Crippen LogP contribution >= 0.6 is 23.2 Å². The lowest BCUT2D eigenvalue weighted by atomic mass is 9.98. The molecule has 0 saturated heterocycles. The summed E-state index contributed by atoms with van der Waals surface area (Å²) in [6, 6.07) is 4.08. The number of primary sulfonamides is 1. The maximum Gasteiger partial charge on any atom is 0.453 e. The average Bonchev–Trinajstić information content (AvgIpc) is 3.03. The molecule has 0 amide bonds. The molecule has 154 valence electrons. The van der Waals surface area contributed by atoms with Crippen LogP contribution < -0.4 is 5.14 Å². The maximum atomic E-state index is 14.6. The molecule has 2 aromatic carbocycles. The second-order valence-corrected chi connectivity index (χ2v) is 8.01. The number of aromatic nitrogens is 1. The summed E-state index contributed by atoms with van der Waals surface area (Å²) in [6.45, 7) is 0. The van der Waals surface area contributed by atoms with Crippen molar-refractivity contribution in [2.24, 2.45) is 5.14 Å². The Morgan fingerprint density at radius 1 is 1.00 bits per heavy atom. The van der Waals surface area contributed by atoms with Crippen molar-refractivity contribution in [1.29, 1.82) is 0 Å². The third kappa shape index (κ3) is 4.08. The molecule has 1 heterocycles. The summed E-state index contributed by atoms with van der Waals surface area (Å²) in [4.78, 5) is -1.22. The molecular weight excluding hydrogens is 466 g/mol. The monoisotopic (exact) mass is 472 g/mol. The van der Waals surface area contributed by atoms with Crippen LogP contribution in [-0.2, 0) is 16.2 Å². The van der Waals surface area contributed by atoms with Gasteiger partial charge < -0.3 is 4.52 Å². The van der Waals surface area contributed by atoms with E-state index in [1.54, 1.807) is 0 Å². The van der Waals surface area contributed by atoms with Crippen LogP contribution in [0.2, 0.25) is 10.0 Å². The van der Waals surface area contributed by atoms with E-state index >= 15 is 0 Å². The number of sulfonamides is 1. The fourth-order valence-corrected chi connectivity index (χ4v) is 3.41. The molecule has 0 aliphatic rings. The molecule has 0 aliphatic heterocycles. The van der Waals surface area contributed by atoms with Gasteiger partial charge in [0.1, 0.15) is 22.2 Å². The molecule has 0 spiro atoms. The van der Waals surface area contributed by atoms with E-state index in [-0.39, 0.29) is 27.7 Å². The first-order valence-corrected chi connectivity index (χ1v) is 9.65. The van der Waals surface area contributed by atoms with Gasteiger partial charge in [-0.25, -0.2) is 22.3 Å². The van der Waals surface area contributed by atoms with Gasteiger partial charge in [-0.05, 0) is 24.3 Å². The number of benzene rings is 2. The van der Waals surface area contributed by atoms with Crippen LogP contribution in [0.3, 0.4) is 0 Å². The summed E-state index contributed by atoms with van der Waals surface area (Å²) < 4.78 is 95.9. The Balaban J connectivity index is 2.35. The molecule has 5 nitrogen and oxygen atoms in total. The highest BCUT2D eigenvalue weighted by molar-refractivity contribution is 7.89. The van der Waals surface area contributed by atoms with Crippen molar-refractivity contribution >= 4 is 33.2 Å². The van der Waals surface area contributed by atoms with E-state index in [0.29, 0.717) is 0 Å². The predicted molar refractivity (Wildman–Crippen MR) is 93.7 cm³/mol. The van der Waals surface area contributed by atoms with Gasteiger partial charge in [-0.3, -0.25) is 0 Å². The Hall–Kier alpha value is -2.21. The topological polar surface area (TPSA) is 86.2 Å². The van der Waals surface area contributed by atoms with Gasteiger partial charge in [0, 0.05) is 11.1 Å². The van der Waals surface area contributed by atoms with Gasteiger partial charge in [-0.2, -0.15) is 13.2 Å². The molecule has 2 N–H and O–H groups in total. The van der Waals surface area contributed by atoms with Crippen molar-refractivity contribution in [2.75, 3.05) is 0 Å². The van der Waals surface area contributed by atoms with Gasteiger partial charge in [-0.1, -0.05) is 34.4 Å². The van der Waals surface area contributed by atoms with E-state index in [4.69, 9.17) is 28.3 Å². The number of rotatable bonds is 3. The Morgan fingerprint density at radius 3 is 2.21 bits per heavy atom. The summed E-state index contributed by atoms with van der Waals surface area (Å²) in [5.74, 6) is -4.77. The normalized spacial score (nSPS) is 12.4. The summed E-state index contributed by atoms with van der Waals surface area (Å²) in [5, 5.41) is 8.14. The second-order valence-electron chi connectivity index (χ2n) is 5.67. The standard InChI is InChI=1S/C16H7Cl2F5N2O3S/c17-8-2-1-6(3-9(8)18)14-13(15(28-25-14)16(21,22)23)7-4-11(20)12(5-10(7)19)29(24,26)27/h1-5H,(H2,24,26,27). The highest BCUT2D eigenvalue weighted by Crippen LogP contribution is 2.44. The van der Waals surface area contributed by atoms with Gasteiger partial charge in [-0.15, -0.1) is 0 Å². The molecule has 0 atom stereocenters. The van der Waals surface area contributed by atoms with E-state index in [1.165, 1.54) is 12.1 Å². The molecule has 13 heteroatoms. The predicted octanol–water partition coefficient (Wildman–Crippen LogP) is 5.26. The van der Waals surface area contributed by atoms with E-state index in [1.807, 2.05) is 0 Å². The van der Waals surface area contributed by atoms with Crippen molar-refractivity contribution < 1.29 is 34.9 Å². The average molecular weight is 473 g/mol. The lowest BCUT2D eigenvalue weighted by molar-refractivity contribution is -0.154. The van der Waals surface area contributed by atoms with Crippen molar-refractivity contribution in [3.05, 3.63) is 57.8 Å². The molecule has 1 aromatic heterocycles. The van der Waals surface area contributed by atoms with Gasteiger partial charge in [0.05, 0.1) is 15.6 Å². The molecule has 3 aromatic rings.